The number of halogens is 2. The average molecular weight is 302 g/mol. The van der Waals surface area contributed by atoms with Crippen LogP contribution in [0.1, 0.15) is 11.4 Å². The van der Waals surface area contributed by atoms with Crippen molar-refractivity contribution >= 4 is 11.6 Å². The van der Waals surface area contributed by atoms with Crippen LogP contribution >= 0.6 is 11.6 Å². The molecule has 3 rings (SSSR count). The molecular formula is C16H13ClFN3. The number of aromatic nitrogens is 3. The molecule has 0 atom stereocenters. The van der Waals surface area contributed by atoms with Gasteiger partial charge in [0.2, 0.25) is 0 Å². The number of aryl methyl sites for hydroxylation is 1. The summed E-state index contributed by atoms with van der Waals surface area (Å²) in [6.45, 7) is 2.02. The van der Waals surface area contributed by atoms with Crippen molar-refractivity contribution in [3.63, 3.8) is 0 Å². The Hall–Kier alpha value is -2.20. The lowest BCUT2D eigenvalue weighted by molar-refractivity contribution is 0.628. The summed E-state index contributed by atoms with van der Waals surface area (Å²) in [6.07, 6.45) is 0. The minimum absolute atomic E-state index is 0.253. The van der Waals surface area contributed by atoms with Crippen molar-refractivity contribution in [1.82, 2.24) is 14.8 Å². The molecule has 0 aliphatic rings. The summed E-state index contributed by atoms with van der Waals surface area (Å²) < 4.78 is 15.0. The highest BCUT2D eigenvalue weighted by molar-refractivity contribution is 6.16. The third-order valence-corrected chi connectivity index (χ3v) is 3.55. The number of alkyl halides is 1. The third kappa shape index (κ3) is 2.54. The van der Waals surface area contributed by atoms with E-state index < -0.39 is 0 Å². The van der Waals surface area contributed by atoms with E-state index in [1.807, 2.05) is 35.8 Å². The topological polar surface area (TPSA) is 30.7 Å². The van der Waals surface area contributed by atoms with E-state index in [0.717, 1.165) is 16.8 Å². The molecular weight excluding hydrogens is 289 g/mol. The number of benzene rings is 2. The Balaban J connectivity index is 2.22. The van der Waals surface area contributed by atoms with Gasteiger partial charge in [0.1, 0.15) is 5.82 Å². The van der Waals surface area contributed by atoms with Gasteiger partial charge in [0, 0.05) is 5.56 Å². The summed E-state index contributed by atoms with van der Waals surface area (Å²) in [5.74, 6) is 1.28. The number of para-hydroxylation sites is 1. The Bertz CT molecular complexity index is 765. The summed E-state index contributed by atoms with van der Waals surface area (Å²) in [7, 11) is 0. The lowest BCUT2D eigenvalue weighted by Crippen LogP contribution is -2.03. The van der Waals surface area contributed by atoms with Gasteiger partial charge in [-0.3, -0.25) is 4.57 Å². The van der Waals surface area contributed by atoms with Gasteiger partial charge in [-0.15, -0.1) is 21.8 Å². The van der Waals surface area contributed by atoms with E-state index in [-0.39, 0.29) is 11.7 Å². The van der Waals surface area contributed by atoms with Crippen LogP contribution in [-0.2, 0) is 5.88 Å². The second kappa shape index (κ2) is 5.66. The molecule has 0 fully saturated rings. The first-order chi connectivity index (χ1) is 10.2. The minimum Gasteiger partial charge on any atom is -0.278 e. The number of nitrogens with zero attached hydrogens (tertiary/aromatic N) is 3. The molecule has 3 nitrogen and oxygen atoms in total. The van der Waals surface area contributed by atoms with E-state index in [2.05, 4.69) is 10.2 Å². The molecule has 0 unspecified atom stereocenters. The maximum Gasteiger partial charge on any atom is 0.168 e. The summed E-state index contributed by atoms with van der Waals surface area (Å²) in [5.41, 5.74) is 2.85. The molecule has 0 saturated carbocycles. The molecule has 0 aliphatic heterocycles. The molecule has 2 aromatic carbocycles. The monoisotopic (exact) mass is 301 g/mol. The third-order valence-electron chi connectivity index (χ3n) is 3.31. The van der Waals surface area contributed by atoms with E-state index in [4.69, 9.17) is 11.6 Å². The predicted molar refractivity (Wildman–Crippen MR) is 81.0 cm³/mol. The van der Waals surface area contributed by atoms with Gasteiger partial charge in [-0.2, -0.15) is 0 Å². The zero-order valence-corrected chi connectivity index (χ0v) is 12.2. The first-order valence-corrected chi connectivity index (χ1v) is 7.06. The molecule has 5 heteroatoms. The second-order valence-electron chi connectivity index (χ2n) is 4.70. The van der Waals surface area contributed by atoms with Crippen LogP contribution in [-0.4, -0.2) is 14.8 Å². The van der Waals surface area contributed by atoms with E-state index in [0.29, 0.717) is 11.6 Å². The van der Waals surface area contributed by atoms with E-state index in [1.165, 1.54) is 12.1 Å². The Kier molecular flexibility index (Phi) is 3.71. The molecule has 0 amide bonds. The van der Waals surface area contributed by atoms with Gasteiger partial charge in [-0.1, -0.05) is 18.2 Å². The fraction of sp³-hybridized carbons (Fsp3) is 0.125. The SMILES string of the molecule is Cc1ccccc1-n1c(CCl)nnc1-c1ccc(F)cc1. The fourth-order valence-corrected chi connectivity index (χ4v) is 2.43. The van der Waals surface area contributed by atoms with Crippen LogP contribution in [0.25, 0.3) is 17.1 Å². The van der Waals surface area contributed by atoms with E-state index in [1.54, 1.807) is 12.1 Å². The van der Waals surface area contributed by atoms with Gasteiger partial charge in [-0.25, -0.2) is 4.39 Å². The van der Waals surface area contributed by atoms with E-state index >= 15 is 0 Å². The molecule has 0 radical (unpaired) electrons. The van der Waals surface area contributed by atoms with Gasteiger partial charge in [-0.05, 0) is 42.8 Å². The average Bonchev–Trinajstić information content (AvgIpc) is 2.92. The zero-order valence-electron chi connectivity index (χ0n) is 11.4. The van der Waals surface area contributed by atoms with E-state index in [9.17, 15) is 4.39 Å². The van der Waals surface area contributed by atoms with Gasteiger partial charge < -0.3 is 0 Å². The van der Waals surface area contributed by atoms with Crippen molar-refractivity contribution in [3.05, 3.63) is 65.7 Å². The molecule has 3 aromatic rings. The van der Waals surface area contributed by atoms with Crippen LogP contribution in [0.5, 0.6) is 0 Å². The molecule has 1 heterocycles. The number of hydrogen-bond donors (Lipinski definition) is 0. The molecule has 1 aromatic heterocycles. The summed E-state index contributed by atoms with van der Waals surface area (Å²) in [5, 5.41) is 8.35. The number of hydrogen-bond acceptors (Lipinski definition) is 2. The van der Waals surface area contributed by atoms with Gasteiger partial charge in [0.25, 0.3) is 0 Å². The van der Waals surface area contributed by atoms with Crippen LogP contribution in [0.4, 0.5) is 4.39 Å². The Morgan fingerprint density at radius 2 is 1.76 bits per heavy atom. The molecule has 0 saturated heterocycles. The van der Waals surface area contributed by atoms with Crippen LogP contribution in [0.2, 0.25) is 0 Å². The maximum absolute atomic E-state index is 13.1. The molecule has 0 aliphatic carbocycles. The lowest BCUT2D eigenvalue weighted by Gasteiger charge is -2.12. The Morgan fingerprint density at radius 1 is 1.05 bits per heavy atom. The normalized spacial score (nSPS) is 10.8. The summed E-state index contributed by atoms with van der Waals surface area (Å²) in [6, 6.07) is 14.1. The van der Waals surface area contributed by atoms with Crippen LogP contribution in [0, 0.1) is 12.7 Å². The van der Waals surface area contributed by atoms with Gasteiger partial charge in [0.05, 0.1) is 11.6 Å². The Labute approximate surface area is 127 Å². The highest BCUT2D eigenvalue weighted by atomic mass is 35.5. The maximum atomic E-state index is 13.1. The first kappa shape index (κ1) is 13.8. The van der Waals surface area contributed by atoms with Crippen LogP contribution in [0.15, 0.2) is 48.5 Å². The molecule has 0 N–H and O–H groups in total. The second-order valence-corrected chi connectivity index (χ2v) is 4.97. The largest absolute Gasteiger partial charge is 0.278 e. The highest BCUT2D eigenvalue weighted by Gasteiger charge is 2.16. The van der Waals surface area contributed by atoms with Crippen molar-refractivity contribution in [2.45, 2.75) is 12.8 Å². The zero-order chi connectivity index (χ0) is 14.8. The van der Waals surface area contributed by atoms with Crippen molar-refractivity contribution in [3.8, 4) is 17.1 Å². The van der Waals surface area contributed by atoms with Crippen molar-refractivity contribution in [1.29, 1.82) is 0 Å². The van der Waals surface area contributed by atoms with Crippen molar-refractivity contribution < 1.29 is 4.39 Å². The minimum atomic E-state index is -0.279. The van der Waals surface area contributed by atoms with Crippen LogP contribution in [0.3, 0.4) is 0 Å². The highest BCUT2D eigenvalue weighted by Crippen LogP contribution is 2.25. The Morgan fingerprint density at radius 3 is 2.43 bits per heavy atom. The summed E-state index contributed by atoms with van der Waals surface area (Å²) in [4.78, 5) is 0. The standard InChI is InChI=1S/C16H13ClFN3/c1-11-4-2-3-5-14(11)21-15(10-17)19-20-16(21)12-6-8-13(18)9-7-12/h2-9H,10H2,1H3. The summed E-state index contributed by atoms with van der Waals surface area (Å²) >= 11 is 5.98. The van der Waals surface area contributed by atoms with Crippen LogP contribution < -0.4 is 0 Å². The van der Waals surface area contributed by atoms with Crippen molar-refractivity contribution in [2.75, 3.05) is 0 Å². The van der Waals surface area contributed by atoms with Gasteiger partial charge in [0.15, 0.2) is 11.6 Å². The molecule has 21 heavy (non-hydrogen) atoms. The number of rotatable bonds is 3. The smallest absolute Gasteiger partial charge is 0.168 e. The molecule has 0 bridgehead atoms. The lowest BCUT2D eigenvalue weighted by atomic mass is 10.1. The van der Waals surface area contributed by atoms with Gasteiger partial charge >= 0.3 is 0 Å². The quantitative estimate of drug-likeness (QED) is 0.681. The van der Waals surface area contributed by atoms with Crippen molar-refractivity contribution in [2.24, 2.45) is 0 Å². The fourth-order valence-electron chi connectivity index (χ4n) is 2.26. The first-order valence-electron chi connectivity index (χ1n) is 6.53. The molecule has 106 valence electrons. The predicted octanol–water partition coefficient (Wildman–Crippen LogP) is 4.12. The molecule has 0 spiro atoms.